The third-order valence-electron chi connectivity index (χ3n) is 4.67. The number of rotatable bonds is 5. The molecule has 0 amide bonds. The maximum Gasteiger partial charge on any atom is 0.290 e. The lowest BCUT2D eigenvalue weighted by molar-refractivity contribution is -0.122. The monoisotopic (exact) mass is 423 g/mol. The lowest BCUT2D eigenvalue weighted by Gasteiger charge is -2.22. The first-order valence-electron chi connectivity index (χ1n) is 9.15. The van der Waals surface area contributed by atoms with Crippen LogP contribution in [0.1, 0.15) is 19.8 Å². The molecule has 12 heteroatoms. The van der Waals surface area contributed by atoms with Crippen LogP contribution < -0.4 is 15.8 Å². The summed E-state index contributed by atoms with van der Waals surface area (Å²) >= 11 is 6.28. The van der Waals surface area contributed by atoms with E-state index in [0.29, 0.717) is 47.0 Å². The molecule has 0 saturated carbocycles. The average Bonchev–Trinajstić information content (AvgIpc) is 3.32. The highest BCUT2D eigenvalue weighted by Crippen LogP contribution is 2.34. The molecule has 1 aliphatic heterocycles. The van der Waals surface area contributed by atoms with E-state index in [2.05, 4.69) is 25.6 Å². The summed E-state index contributed by atoms with van der Waals surface area (Å²) in [6.45, 7) is 5.06. The summed E-state index contributed by atoms with van der Waals surface area (Å²) < 4.78 is 12.8. The fourth-order valence-electron chi connectivity index (χ4n) is 3.28. The summed E-state index contributed by atoms with van der Waals surface area (Å²) in [5.74, 6) is 1.88. The predicted octanol–water partition coefficient (Wildman–Crippen LogP) is 1.82. The number of nitrogens with one attached hydrogen (secondary N) is 1. The number of aryl methyl sites for hydroxylation is 1. The maximum atomic E-state index is 8.36. The SMILES string of the molecule is CCn1c(-c2nonc2N)nc2c(Cl)ncc(OCC3CCNCC3)c21.O=CO. The first-order valence-corrected chi connectivity index (χ1v) is 9.52. The molecule has 1 saturated heterocycles. The molecule has 0 bridgehead atoms. The van der Waals surface area contributed by atoms with Crippen LogP contribution >= 0.6 is 11.6 Å². The summed E-state index contributed by atoms with van der Waals surface area (Å²) in [6, 6.07) is 0. The van der Waals surface area contributed by atoms with Gasteiger partial charge in [-0.2, -0.15) is 0 Å². The van der Waals surface area contributed by atoms with Crippen molar-refractivity contribution in [3.8, 4) is 17.3 Å². The van der Waals surface area contributed by atoms with Gasteiger partial charge in [-0.3, -0.25) is 4.79 Å². The molecular formula is C17H22ClN7O4. The van der Waals surface area contributed by atoms with Gasteiger partial charge in [0.1, 0.15) is 11.0 Å². The number of nitrogens with zero attached hydrogens (tertiary/aromatic N) is 5. The lowest BCUT2D eigenvalue weighted by atomic mass is 9.99. The molecule has 3 aromatic rings. The number of imidazole rings is 1. The Morgan fingerprint density at radius 2 is 2.17 bits per heavy atom. The van der Waals surface area contributed by atoms with Crippen molar-refractivity contribution < 1.29 is 19.3 Å². The summed E-state index contributed by atoms with van der Waals surface area (Å²) in [7, 11) is 0. The Balaban J connectivity index is 0.000000755. The Kier molecular flexibility index (Phi) is 6.83. The molecule has 1 aliphatic rings. The van der Waals surface area contributed by atoms with Crippen LogP contribution in [0.2, 0.25) is 5.15 Å². The van der Waals surface area contributed by atoms with Crippen LogP contribution in [0.25, 0.3) is 22.6 Å². The molecule has 11 nitrogen and oxygen atoms in total. The molecule has 156 valence electrons. The Labute approximate surface area is 171 Å². The zero-order valence-corrected chi connectivity index (χ0v) is 16.6. The summed E-state index contributed by atoms with van der Waals surface area (Å²) in [6.07, 6.45) is 3.85. The molecule has 4 N–H and O–H groups in total. The normalized spacial score (nSPS) is 14.4. The van der Waals surface area contributed by atoms with Crippen molar-refractivity contribution in [2.75, 3.05) is 25.4 Å². The van der Waals surface area contributed by atoms with Gasteiger partial charge in [0, 0.05) is 6.54 Å². The molecule has 3 aromatic heterocycles. The van der Waals surface area contributed by atoms with Crippen molar-refractivity contribution in [3.63, 3.8) is 0 Å². The molecule has 0 spiro atoms. The number of ether oxygens (including phenoxy) is 1. The van der Waals surface area contributed by atoms with E-state index in [9.17, 15) is 0 Å². The zero-order chi connectivity index (χ0) is 20.8. The van der Waals surface area contributed by atoms with Crippen LogP contribution in [0.5, 0.6) is 5.75 Å². The topological polar surface area (TPSA) is 154 Å². The summed E-state index contributed by atoms with van der Waals surface area (Å²) in [5.41, 5.74) is 7.55. The van der Waals surface area contributed by atoms with Gasteiger partial charge in [0.15, 0.2) is 28.2 Å². The van der Waals surface area contributed by atoms with Crippen LogP contribution in [0.15, 0.2) is 10.8 Å². The fraction of sp³-hybridized carbons (Fsp3) is 0.471. The standard InChI is InChI=1S/C16H20ClN7O2.CH2O2/c1-2-24-13-10(25-8-9-3-5-19-6-4-9)7-20-14(17)11(13)21-16(24)12-15(18)23-26-22-12;2-1-3/h7,9,19H,2-6,8H2,1H3,(H2,18,23);1H,(H,2,3). The Morgan fingerprint density at radius 3 is 2.79 bits per heavy atom. The van der Waals surface area contributed by atoms with E-state index < -0.39 is 0 Å². The highest BCUT2D eigenvalue weighted by atomic mass is 35.5. The molecule has 4 heterocycles. The van der Waals surface area contributed by atoms with Gasteiger partial charge in [0.05, 0.1) is 12.8 Å². The fourth-order valence-corrected chi connectivity index (χ4v) is 3.47. The van der Waals surface area contributed by atoms with Gasteiger partial charge >= 0.3 is 0 Å². The number of fused-ring (bicyclic) bond motifs is 1. The molecule has 0 radical (unpaired) electrons. The van der Waals surface area contributed by atoms with Crippen LogP contribution in [0.4, 0.5) is 5.82 Å². The lowest BCUT2D eigenvalue weighted by Crippen LogP contribution is -2.30. The average molecular weight is 424 g/mol. The van der Waals surface area contributed by atoms with Gasteiger partial charge in [0.25, 0.3) is 6.47 Å². The van der Waals surface area contributed by atoms with Gasteiger partial charge in [-0.25, -0.2) is 14.6 Å². The molecule has 29 heavy (non-hydrogen) atoms. The van der Waals surface area contributed by atoms with Crippen molar-refractivity contribution in [3.05, 3.63) is 11.3 Å². The van der Waals surface area contributed by atoms with Gasteiger partial charge in [0.2, 0.25) is 0 Å². The van der Waals surface area contributed by atoms with E-state index in [4.69, 9.17) is 36.6 Å². The second-order valence-electron chi connectivity index (χ2n) is 6.40. The minimum Gasteiger partial charge on any atom is -0.489 e. The van der Waals surface area contributed by atoms with E-state index in [1.165, 1.54) is 0 Å². The van der Waals surface area contributed by atoms with Crippen LogP contribution in [-0.4, -0.2) is 56.1 Å². The number of hydrogen-bond acceptors (Lipinski definition) is 9. The number of aromatic nitrogens is 5. The second kappa shape index (κ2) is 9.52. The number of carboxylic acid groups (broad SMARTS) is 1. The van der Waals surface area contributed by atoms with Gasteiger partial charge in [-0.1, -0.05) is 11.6 Å². The van der Waals surface area contributed by atoms with E-state index in [0.717, 1.165) is 31.4 Å². The number of nitrogen functional groups attached to an aromatic ring is 1. The molecule has 0 aromatic carbocycles. The summed E-state index contributed by atoms with van der Waals surface area (Å²) in [5, 5.41) is 18.0. The minimum atomic E-state index is -0.250. The largest absolute Gasteiger partial charge is 0.489 e. The van der Waals surface area contributed by atoms with Crippen LogP contribution in [0.3, 0.4) is 0 Å². The van der Waals surface area contributed by atoms with Crippen molar-refractivity contribution in [1.29, 1.82) is 0 Å². The number of hydrogen-bond donors (Lipinski definition) is 3. The number of nitrogens with two attached hydrogens (primary N) is 1. The van der Waals surface area contributed by atoms with Crippen molar-refractivity contribution in [2.45, 2.75) is 26.3 Å². The van der Waals surface area contributed by atoms with Gasteiger partial charge in [-0.15, -0.1) is 0 Å². The smallest absolute Gasteiger partial charge is 0.290 e. The second-order valence-corrected chi connectivity index (χ2v) is 6.76. The molecule has 1 fully saturated rings. The van der Waals surface area contributed by atoms with E-state index in [1.54, 1.807) is 6.20 Å². The number of carbonyl (C=O) groups is 1. The molecule has 0 unspecified atom stereocenters. The quantitative estimate of drug-likeness (QED) is 0.408. The number of halogens is 1. The molecule has 4 rings (SSSR count). The van der Waals surface area contributed by atoms with E-state index >= 15 is 0 Å². The van der Waals surface area contributed by atoms with Crippen LogP contribution in [-0.2, 0) is 11.3 Å². The zero-order valence-electron chi connectivity index (χ0n) is 15.8. The predicted molar refractivity (Wildman–Crippen MR) is 106 cm³/mol. The van der Waals surface area contributed by atoms with Gasteiger partial charge in [-0.05, 0) is 49.1 Å². The van der Waals surface area contributed by atoms with Crippen molar-refractivity contribution in [1.82, 2.24) is 30.2 Å². The van der Waals surface area contributed by atoms with E-state index in [-0.39, 0.29) is 12.3 Å². The Hall–Kier alpha value is -2.92. The number of pyridine rings is 1. The molecule has 0 aliphatic carbocycles. The Morgan fingerprint density at radius 1 is 1.45 bits per heavy atom. The third-order valence-corrected chi connectivity index (χ3v) is 4.94. The first kappa shape index (κ1) is 20.8. The van der Waals surface area contributed by atoms with Gasteiger partial charge < -0.3 is 25.5 Å². The maximum absolute atomic E-state index is 8.36. The molecule has 0 atom stereocenters. The third kappa shape index (κ3) is 4.40. The number of anilines is 1. The minimum absolute atomic E-state index is 0.177. The number of piperidine rings is 1. The summed E-state index contributed by atoms with van der Waals surface area (Å²) in [4.78, 5) is 17.2. The highest BCUT2D eigenvalue weighted by molar-refractivity contribution is 6.34. The first-order chi connectivity index (χ1) is 14.1. The van der Waals surface area contributed by atoms with Crippen molar-refractivity contribution >= 4 is 34.9 Å². The molecular weight excluding hydrogens is 402 g/mol. The van der Waals surface area contributed by atoms with Crippen LogP contribution in [0, 0.1) is 5.92 Å². The van der Waals surface area contributed by atoms with Crippen molar-refractivity contribution in [2.24, 2.45) is 5.92 Å². The van der Waals surface area contributed by atoms with E-state index in [1.807, 2.05) is 11.5 Å². The Bertz CT molecular complexity index is 968. The highest BCUT2D eigenvalue weighted by Gasteiger charge is 2.23.